The molecule has 0 spiro atoms. The number of amides is 2. The highest BCUT2D eigenvalue weighted by molar-refractivity contribution is 5.99. The van der Waals surface area contributed by atoms with Gasteiger partial charge in [-0.25, -0.2) is 0 Å². The van der Waals surface area contributed by atoms with E-state index in [9.17, 15) is 9.59 Å². The number of carbonyl (C=O) groups excluding carboxylic acids is 2. The summed E-state index contributed by atoms with van der Waals surface area (Å²) in [6.45, 7) is 10.0. The molecular formula is C22H35N3O3. The van der Waals surface area contributed by atoms with Crippen LogP contribution in [0.25, 0.3) is 0 Å². The van der Waals surface area contributed by atoms with Gasteiger partial charge in [-0.2, -0.15) is 0 Å². The Bertz CT molecular complexity index is 670. The summed E-state index contributed by atoms with van der Waals surface area (Å²) in [4.78, 5) is 27.1. The Balaban J connectivity index is 2.04. The first-order valence-corrected chi connectivity index (χ1v) is 9.99. The summed E-state index contributed by atoms with van der Waals surface area (Å²) in [5.74, 6) is -0.221. The van der Waals surface area contributed by atoms with Crippen LogP contribution in [0.3, 0.4) is 0 Å². The number of rotatable bonds is 7. The van der Waals surface area contributed by atoms with Crippen LogP contribution in [0.2, 0.25) is 0 Å². The third kappa shape index (κ3) is 6.31. The van der Waals surface area contributed by atoms with Crippen molar-refractivity contribution in [2.75, 3.05) is 46.9 Å². The molecule has 6 nitrogen and oxygen atoms in total. The molecule has 0 unspecified atom stereocenters. The maximum Gasteiger partial charge on any atom is 0.253 e. The van der Waals surface area contributed by atoms with E-state index in [0.717, 1.165) is 25.9 Å². The molecule has 1 aromatic rings. The fourth-order valence-electron chi connectivity index (χ4n) is 3.80. The molecule has 2 N–H and O–H groups in total. The van der Waals surface area contributed by atoms with E-state index in [1.54, 1.807) is 43.3 Å². The van der Waals surface area contributed by atoms with Crippen molar-refractivity contribution in [1.82, 2.24) is 15.5 Å². The predicted octanol–water partition coefficient (Wildman–Crippen LogP) is 2.55. The molecule has 0 aromatic heterocycles. The van der Waals surface area contributed by atoms with E-state index in [-0.39, 0.29) is 22.6 Å². The molecule has 0 atom stereocenters. The normalized spacial score (nSPS) is 16.5. The molecule has 1 saturated heterocycles. The van der Waals surface area contributed by atoms with Crippen LogP contribution in [-0.2, 0) is 4.74 Å². The maximum atomic E-state index is 12.7. The standard InChI is InChI=1S/C22H35N3O3/c1-21(2,3)15-25(4)20(27)18-8-6-7-17(13-18)19(26)24-14-22(16-28-5)9-11-23-12-10-22/h6-8,13,23H,9-12,14-16H2,1-5H3,(H,24,26). The van der Waals surface area contributed by atoms with Crippen molar-refractivity contribution in [3.63, 3.8) is 0 Å². The van der Waals surface area contributed by atoms with Gasteiger partial charge in [0.05, 0.1) is 6.61 Å². The Hall–Kier alpha value is -1.92. The number of nitrogens with zero attached hydrogens (tertiary/aromatic N) is 1. The zero-order valence-electron chi connectivity index (χ0n) is 17.9. The zero-order chi connectivity index (χ0) is 20.8. The van der Waals surface area contributed by atoms with Gasteiger partial charge in [0.25, 0.3) is 11.8 Å². The molecule has 1 aromatic carbocycles. The van der Waals surface area contributed by atoms with E-state index in [2.05, 4.69) is 31.4 Å². The van der Waals surface area contributed by atoms with Crippen LogP contribution >= 0.6 is 0 Å². The van der Waals surface area contributed by atoms with Gasteiger partial charge in [0.1, 0.15) is 0 Å². The summed E-state index contributed by atoms with van der Waals surface area (Å²) in [7, 11) is 3.50. The highest BCUT2D eigenvalue weighted by Gasteiger charge is 2.32. The van der Waals surface area contributed by atoms with Gasteiger partial charge < -0.3 is 20.3 Å². The number of ether oxygens (including phenoxy) is 1. The number of hydrogen-bond donors (Lipinski definition) is 2. The Labute approximate surface area is 169 Å². The highest BCUT2D eigenvalue weighted by atomic mass is 16.5. The van der Waals surface area contributed by atoms with Gasteiger partial charge in [-0.15, -0.1) is 0 Å². The molecular weight excluding hydrogens is 354 g/mol. The van der Waals surface area contributed by atoms with Crippen molar-refractivity contribution >= 4 is 11.8 Å². The van der Waals surface area contributed by atoms with E-state index in [1.807, 2.05) is 0 Å². The topological polar surface area (TPSA) is 70.7 Å². The first-order chi connectivity index (χ1) is 13.2. The van der Waals surface area contributed by atoms with Gasteiger partial charge in [0.15, 0.2) is 0 Å². The lowest BCUT2D eigenvalue weighted by Gasteiger charge is -2.37. The van der Waals surface area contributed by atoms with Crippen LogP contribution in [0.5, 0.6) is 0 Å². The van der Waals surface area contributed by atoms with Crippen LogP contribution in [0.4, 0.5) is 0 Å². The monoisotopic (exact) mass is 389 g/mol. The van der Waals surface area contributed by atoms with Gasteiger partial charge in [-0.05, 0) is 49.5 Å². The smallest absolute Gasteiger partial charge is 0.253 e. The second kappa shape index (κ2) is 9.52. The summed E-state index contributed by atoms with van der Waals surface area (Å²) in [6.07, 6.45) is 1.94. The lowest BCUT2D eigenvalue weighted by Crippen LogP contribution is -2.47. The van der Waals surface area contributed by atoms with Gasteiger partial charge in [0.2, 0.25) is 0 Å². The molecule has 2 rings (SSSR count). The van der Waals surface area contributed by atoms with Crippen molar-refractivity contribution in [1.29, 1.82) is 0 Å². The number of benzene rings is 1. The van der Waals surface area contributed by atoms with Gasteiger partial charge in [-0.3, -0.25) is 9.59 Å². The minimum atomic E-state index is -0.151. The van der Waals surface area contributed by atoms with Crippen LogP contribution < -0.4 is 10.6 Å². The lowest BCUT2D eigenvalue weighted by atomic mass is 9.79. The number of carbonyl (C=O) groups is 2. The first-order valence-electron chi connectivity index (χ1n) is 9.99. The Morgan fingerprint density at radius 2 is 1.86 bits per heavy atom. The molecule has 1 aliphatic rings. The number of nitrogens with one attached hydrogen (secondary N) is 2. The van der Waals surface area contributed by atoms with Crippen LogP contribution in [0.15, 0.2) is 24.3 Å². The summed E-state index contributed by atoms with van der Waals surface area (Å²) >= 11 is 0. The van der Waals surface area contributed by atoms with E-state index >= 15 is 0 Å². The summed E-state index contributed by atoms with van der Waals surface area (Å²) in [5, 5.41) is 6.41. The first kappa shape index (κ1) is 22.4. The van der Waals surface area contributed by atoms with Crippen molar-refractivity contribution in [2.45, 2.75) is 33.6 Å². The molecule has 6 heteroatoms. The van der Waals surface area contributed by atoms with Crippen molar-refractivity contribution in [3.05, 3.63) is 35.4 Å². The summed E-state index contributed by atoms with van der Waals surface area (Å²) < 4.78 is 5.41. The average Bonchev–Trinajstić information content (AvgIpc) is 2.65. The van der Waals surface area contributed by atoms with E-state index in [1.165, 1.54) is 0 Å². The van der Waals surface area contributed by atoms with E-state index < -0.39 is 0 Å². The molecule has 156 valence electrons. The second-order valence-electron chi connectivity index (χ2n) is 9.17. The van der Waals surface area contributed by atoms with Gasteiger partial charge in [-0.1, -0.05) is 26.8 Å². The van der Waals surface area contributed by atoms with Crippen LogP contribution in [0.1, 0.15) is 54.3 Å². The zero-order valence-corrected chi connectivity index (χ0v) is 17.9. The molecule has 1 fully saturated rings. The number of piperidine rings is 1. The van der Waals surface area contributed by atoms with Gasteiger partial charge in [0, 0.05) is 43.8 Å². The molecule has 0 radical (unpaired) electrons. The molecule has 0 aliphatic carbocycles. The molecule has 1 heterocycles. The Morgan fingerprint density at radius 3 is 2.46 bits per heavy atom. The Morgan fingerprint density at radius 1 is 1.21 bits per heavy atom. The van der Waals surface area contributed by atoms with Crippen LogP contribution in [-0.4, -0.2) is 63.7 Å². The molecule has 0 bridgehead atoms. The summed E-state index contributed by atoms with van der Waals surface area (Å²) in [6, 6.07) is 6.96. The maximum absolute atomic E-state index is 12.7. The quantitative estimate of drug-likeness (QED) is 0.752. The average molecular weight is 390 g/mol. The predicted molar refractivity (Wildman–Crippen MR) is 112 cm³/mol. The van der Waals surface area contributed by atoms with Crippen LogP contribution in [0, 0.1) is 10.8 Å². The molecule has 2 amide bonds. The fraction of sp³-hybridized carbons (Fsp3) is 0.636. The third-order valence-corrected chi connectivity index (χ3v) is 5.17. The van der Waals surface area contributed by atoms with E-state index in [0.29, 0.717) is 30.8 Å². The SMILES string of the molecule is COCC1(CNC(=O)c2cccc(C(=O)N(C)CC(C)(C)C)c2)CCNCC1. The lowest BCUT2D eigenvalue weighted by molar-refractivity contribution is 0.0511. The minimum absolute atomic E-state index is 0.0178. The third-order valence-electron chi connectivity index (χ3n) is 5.17. The Kier molecular flexibility index (Phi) is 7.61. The number of hydrogen-bond acceptors (Lipinski definition) is 4. The van der Waals surface area contributed by atoms with E-state index in [4.69, 9.17) is 4.74 Å². The second-order valence-corrected chi connectivity index (χ2v) is 9.17. The highest BCUT2D eigenvalue weighted by Crippen LogP contribution is 2.28. The minimum Gasteiger partial charge on any atom is -0.384 e. The molecule has 1 aliphatic heterocycles. The van der Waals surface area contributed by atoms with Gasteiger partial charge >= 0.3 is 0 Å². The van der Waals surface area contributed by atoms with Crippen molar-refractivity contribution in [3.8, 4) is 0 Å². The van der Waals surface area contributed by atoms with Crippen molar-refractivity contribution in [2.24, 2.45) is 10.8 Å². The largest absolute Gasteiger partial charge is 0.384 e. The molecule has 0 saturated carbocycles. The fourth-order valence-corrected chi connectivity index (χ4v) is 3.80. The molecule has 28 heavy (non-hydrogen) atoms. The van der Waals surface area contributed by atoms with Crippen molar-refractivity contribution < 1.29 is 14.3 Å². The number of methoxy groups -OCH3 is 1. The summed E-state index contributed by atoms with van der Waals surface area (Å²) in [5.41, 5.74) is 1.03.